The van der Waals surface area contributed by atoms with Gasteiger partial charge in [-0.2, -0.15) is 0 Å². The quantitative estimate of drug-likeness (QED) is 0.271. The highest BCUT2D eigenvalue weighted by Gasteiger charge is 2.61. The van der Waals surface area contributed by atoms with Crippen LogP contribution in [0.15, 0.2) is 40.8 Å². The number of nitrogens with one attached hydrogen (secondary N) is 3. The summed E-state index contributed by atoms with van der Waals surface area (Å²) in [7, 11) is 1.75. The number of amides is 1. The van der Waals surface area contributed by atoms with Crippen molar-refractivity contribution in [1.82, 2.24) is 15.6 Å². The molecular formula is C32H34N4O5. The lowest BCUT2D eigenvalue weighted by Crippen LogP contribution is -2.46. The van der Waals surface area contributed by atoms with Gasteiger partial charge < -0.3 is 30.2 Å². The monoisotopic (exact) mass is 554 g/mol. The van der Waals surface area contributed by atoms with Gasteiger partial charge in [0.2, 0.25) is 11.8 Å². The van der Waals surface area contributed by atoms with Crippen molar-refractivity contribution in [1.29, 1.82) is 0 Å². The second-order valence-electron chi connectivity index (χ2n) is 11.2. The van der Waals surface area contributed by atoms with Gasteiger partial charge in [-0.3, -0.25) is 4.79 Å². The first-order chi connectivity index (χ1) is 19.8. The molecule has 0 aliphatic carbocycles. The fraction of sp³-hybridized carbons (Fsp3) is 0.406. The van der Waals surface area contributed by atoms with Gasteiger partial charge >= 0.3 is 5.97 Å². The highest BCUT2D eigenvalue weighted by Crippen LogP contribution is 2.59. The predicted molar refractivity (Wildman–Crippen MR) is 153 cm³/mol. The molecule has 3 unspecified atom stereocenters. The van der Waals surface area contributed by atoms with Gasteiger partial charge in [-0.15, -0.1) is 0 Å². The van der Waals surface area contributed by atoms with Crippen LogP contribution in [0.3, 0.4) is 0 Å². The number of rotatable bonds is 5. The summed E-state index contributed by atoms with van der Waals surface area (Å²) in [4.78, 5) is 30.6. The molecule has 4 N–H and O–H groups in total. The number of ether oxygens (including phenoxy) is 1. The van der Waals surface area contributed by atoms with Crippen molar-refractivity contribution >= 4 is 17.6 Å². The van der Waals surface area contributed by atoms with Gasteiger partial charge in [0.05, 0.1) is 11.7 Å². The predicted octanol–water partition coefficient (Wildman–Crippen LogP) is 4.35. The second-order valence-corrected chi connectivity index (χ2v) is 11.2. The van der Waals surface area contributed by atoms with Crippen LogP contribution in [-0.2, 0) is 16.6 Å². The molecule has 1 spiro atoms. The summed E-state index contributed by atoms with van der Waals surface area (Å²) < 4.78 is 13.0. The Morgan fingerprint density at radius 3 is 2.80 bits per heavy atom. The standard InChI is InChI=1S/C32H34N4O5/c1-5-6-7-8-10-19-11-9-12-20-25(19)36-31-32(20)21-15-18(13-14-23(21)40-31)16-22(33-4)28(37)34-24(17(2)3)29-35-26(30(38)39)27(32)41-29/h9,11-15,17,22,24,31,33,36H,5-7,16H2,1-4H3,(H,34,37)(H,38,39)/t22?,24-,31?,32?/m0/s1. The molecule has 41 heavy (non-hydrogen) atoms. The zero-order valence-electron chi connectivity index (χ0n) is 23.6. The Balaban J connectivity index is 1.65. The summed E-state index contributed by atoms with van der Waals surface area (Å²) >= 11 is 0. The van der Waals surface area contributed by atoms with E-state index in [-0.39, 0.29) is 29.2 Å². The lowest BCUT2D eigenvalue weighted by atomic mass is 9.72. The molecule has 2 aromatic carbocycles. The molecule has 0 fully saturated rings. The van der Waals surface area contributed by atoms with Crippen LogP contribution in [0, 0.1) is 17.8 Å². The summed E-state index contributed by atoms with van der Waals surface area (Å²) in [5.41, 5.74) is 2.76. The lowest BCUT2D eigenvalue weighted by molar-refractivity contribution is -0.124. The van der Waals surface area contributed by atoms with Crippen molar-refractivity contribution < 1.29 is 23.8 Å². The van der Waals surface area contributed by atoms with Crippen LogP contribution >= 0.6 is 0 Å². The van der Waals surface area contributed by atoms with Crippen LogP contribution in [-0.4, -0.2) is 41.3 Å². The number of para-hydroxylation sites is 1. The SMILES string of the molecule is CCCCC#Cc1cccc2c1NC1Oc3ccc4cc3C21c1oc(nc1C(=O)O)[C@H](C(C)C)NC(=O)C(NC)C4. The molecule has 0 saturated heterocycles. The second kappa shape index (κ2) is 10.3. The normalized spacial score (nSPS) is 23.6. The summed E-state index contributed by atoms with van der Waals surface area (Å²) in [6, 6.07) is 10.5. The van der Waals surface area contributed by atoms with Crippen LogP contribution in [0.5, 0.6) is 5.75 Å². The zero-order valence-corrected chi connectivity index (χ0v) is 23.6. The van der Waals surface area contributed by atoms with E-state index >= 15 is 0 Å². The van der Waals surface area contributed by atoms with E-state index in [1.807, 2.05) is 50.2 Å². The molecule has 212 valence electrons. The molecule has 3 aliphatic heterocycles. The van der Waals surface area contributed by atoms with E-state index in [1.165, 1.54) is 0 Å². The Labute approximate surface area is 239 Å². The van der Waals surface area contributed by atoms with Crippen LogP contribution in [0.2, 0.25) is 0 Å². The van der Waals surface area contributed by atoms with Crippen molar-refractivity contribution in [2.24, 2.45) is 5.92 Å². The maximum absolute atomic E-state index is 13.4. The average Bonchev–Trinajstić information content (AvgIpc) is 3.61. The molecular weight excluding hydrogens is 520 g/mol. The van der Waals surface area contributed by atoms with E-state index in [2.05, 4.69) is 39.7 Å². The van der Waals surface area contributed by atoms with E-state index in [0.717, 1.165) is 47.2 Å². The Kier molecular flexibility index (Phi) is 6.74. The van der Waals surface area contributed by atoms with Gasteiger partial charge in [-0.1, -0.05) is 63.3 Å². The molecule has 1 amide bonds. The number of anilines is 1. The van der Waals surface area contributed by atoms with Gasteiger partial charge in [0.15, 0.2) is 17.7 Å². The van der Waals surface area contributed by atoms with Crippen molar-refractivity contribution in [3.63, 3.8) is 0 Å². The summed E-state index contributed by atoms with van der Waals surface area (Å²) in [6.45, 7) is 6.01. The van der Waals surface area contributed by atoms with Gasteiger partial charge in [-0.25, -0.2) is 9.78 Å². The third-order valence-corrected chi connectivity index (χ3v) is 8.29. The third-order valence-electron chi connectivity index (χ3n) is 8.29. The minimum Gasteiger partial charge on any atom is -0.476 e. The van der Waals surface area contributed by atoms with E-state index in [0.29, 0.717) is 12.2 Å². The number of carboxylic acid groups (broad SMARTS) is 1. The largest absolute Gasteiger partial charge is 0.476 e. The number of likely N-dealkylation sites (N-methyl/N-ethyl adjacent to an activating group) is 1. The van der Waals surface area contributed by atoms with Gasteiger partial charge in [0.1, 0.15) is 17.2 Å². The Morgan fingerprint density at radius 1 is 1.24 bits per heavy atom. The molecule has 9 nitrogen and oxygen atoms in total. The highest BCUT2D eigenvalue weighted by molar-refractivity contribution is 5.90. The minimum absolute atomic E-state index is 0.118. The number of oxazole rings is 1. The molecule has 0 radical (unpaired) electrons. The number of benzene rings is 2. The van der Waals surface area contributed by atoms with E-state index < -0.39 is 29.7 Å². The Morgan fingerprint density at radius 2 is 2.07 bits per heavy atom. The van der Waals surface area contributed by atoms with Gasteiger partial charge in [0.25, 0.3) is 0 Å². The van der Waals surface area contributed by atoms with Gasteiger partial charge in [-0.05, 0) is 43.5 Å². The number of aromatic nitrogens is 1. The number of aromatic carboxylic acids is 1. The molecule has 4 bridgehead atoms. The maximum atomic E-state index is 13.4. The molecule has 0 saturated carbocycles. The Bertz CT molecular complexity index is 1600. The van der Waals surface area contributed by atoms with Crippen molar-refractivity contribution in [3.8, 4) is 17.6 Å². The number of unbranched alkanes of at least 4 members (excludes halogenated alkanes) is 2. The molecule has 3 aliphatic rings. The molecule has 4 atom stereocenters. The van der Waals surface area contributed by atoms with E-state index in [9.17, 15) is 14.7 Å². The number of nitrogens with zero attached hydrogens (tertiary/aromatic N) is 1. The summed E-state index contributed by atoms with van der Waals surface area (Å²) in [6.07, 6.45) is 2.63. The first-order valence-electron chi connectivity index (χ1n) is 14.2. The molecule has 3 aromatic rings. The molecule has 9 heteroatoms. The number of carboxylic acids is 1. The zero-order chi connectivity index (χ0) is 28.9. The van der Waals surface area contributed by atoms with E-state index in [4.69, 9.17) is 9.15 Å². The van der Waals surface area contributed by atoms with Crippen molar-refractivity contribution in [2.75, 3.05) is 12.4 Å². The number of fused-ring (bicyclic) bond motifs is 4. The number of hydrogen-bond acceptors (Lipinski definition) is 7. The first kappa shape index (κ1) is 26.9. The molecule has 1 aromatic heterocycles. The highest BCUT2D eigenvalue weighted by atomic mass is 16.5. The van der Waals surface area contributed by atoms with Crippen LogP contribution in [0.25, 0.3) is 0 Å². The molecule has 6 rings (SSSR count). The minimum atomic E-state index is -1.21. The topological polar surface area (TPSA) is 126 Å². The molecule has 4 heterocycles. The van der Waals surface area contributed by atoms with Crippen molar-refractivity contribution in [2.45, 2.75) is 70.2 Å². The van der Waals surface area contributed by atoms with Crippen LogP contribution < -0.4 is 20.7 Å². The first-order valence-corrected chi connectivity index (χ1v) is 14.2. The van der Waals surface area contributed by atoms with Crippen LogP contribution in [0.1, 0.15) is 90.5 Å². The lowest BCUT2D eigenvalue weighted by Gasteiger charge is -2.28. The van der Waals surface area contributed by atoms with Gasteiger partial charge in [0, 0.05) is 23.1 Å². The number of carbonyl (C=O) groups is 2. The van der Waals surface area contributed by atoms with Crippen molar-refractivity contribution in [3.05, 3.63) is 76.0 Å². The third kappa shape index (κ3) is 4.16. The van der Waals surface area contributed by atoms with Crippen LogP contribution in [0.4, 0.5) is 5.69 Å². The Hall–Kier alpha value is -4.29. The summed E-state index contributed by atoms with van der Waals surface area (Å²) in [5, 5.41) is 20.1. The summed E-state index contributed by atoms with van der Waals surface area (Å²) in [5.74, 6) is 5.98. The van der Waals surface area contributed by atoms with E-state index in [1.54, 1.807) is 7.05 Å². The number of carbonyl (C=O) groups excluding carboxylic acids is 1. The fourth-order valence-corrected chi connectivity index (χ4v) is 6.16. The maximum Gasteiger partial charge on any atom is 0.358 e. The fourth-order valence-electron chi connectivity index (χ4n) is 6.16. The average molecular weight is 555 g/mol. The smallest absolute Gasteiger partial charge is 0.358 e. The number of hydrogen-bond donors (Lipinski definition) is 4.